The van der Waals surface area contributed by atoms with Gasteiger partial charge in [0, 0.05) is 20.1 Å². The molecule has 0 bridgehead atoms. The summed E-state index contributed by atoms with van der Waals surface area (Å²) in [6.45, 7) is 4.98. The zero-order valence-electron chi connectivity index (χ0n) is 10.0. The number of hydrogen-bond acceptors (Lipinski definition) is 3. The maximum atomic E-state index is 9.78. The first-order valence-corrected chi connectivity index (χ1v) is 6.35. The molecule has 0 spiro atoms. The van der Waals surface area contributed by atoms with Crippen molar-refractivity contribution < 1.29 is 9.84 Å². The van der Waals surface area contributed by atoms with Crippen LogP contribution in [0.4, 0.5) is 0 Å². The van der Waals surface area contributed by atoms with E-state index in [0.29, 0.717) is 19.6 Å². The van der Waals surface area contributed by atoms with Gasteiger partial charge in [0.25, 0.3) is 0 Å². The highest BCUT2D eigenvalue weighted by atomic mass is 79.9. The second-order valence-corrected chi connectivity index (χ2v) is 4.49. The topological polar surface area (TPSA) is 47.3 Å². The third-order valence-corrected chi connectivity index (χ3v) is 3.36. The fraction of sp³-hybridized carbons (Fsp3) is 0.727. The molecule has 1 heterocycles. The summed E-state index contributed by atoms with van der Waals surface area (Å²) in [6.07, 6.45) is 0.969. The van der Waals surface area contributed by atoms with Crippen LogP contribution in [0.1, 0.15) is 25.2 Å². The van der Waals surface area contributed by atoms with Crippen molar-refractivity contribution in [3.63, 3.8) is 0 Å². The van der Waals surface area contributed by atoms with Gasteiger partial charge in [-0.3, -0.25) is 4.68 Å². The summed E-state index contributed by atoms with van der Waals surface area (Å²) in [7, 11) is 1.90. The molecule has 0 amide bonds. The summed E-state index contributed by atoms with van der Waals surface area (Å²) in [5.41, 5.74) is 2.05. The Balaban J connectivity index is 2.69. The minimum atomic E-state index is -0.476. The number of aliphatic hydroxyl groups excluding tert-OH is 1. The molecule has 0 saturated heterocycles. The zero-order valence-corrected chi connectivity index (χ0v) is 11.6. The first-order chi connectivity index (χ1) is 7.60. The molecule has 1 rings (SSSR count). The monoisotopic (exact) mass is 290 g/mol. The van der Waals surface area contributed by atoms with Crippen molar-refractivity contribution >= 4 is 15.9 Å². The van der Waals surface area contributed by atoms with E-state index in [9.17, 15) is 5.11 Å². The molecule has 1 aromatic rings. The number of aliphatic hydroxyl groups is 1. The molecule has 0 aliphatic heterocycles. The van der Waals surface area contributed by atoms with E-state index in [1.54, 1.807) is 0 Å². The summed E-state index contributed by atoms with van der Waals surface area (Å²) < 4.78 is 8.01. The van der Waals surface area contributed by atoms with Crippen molar-refractivity contribution in [1.82, 2.24) is 9.78 Å². The van der Waals surface area contributed by atoms with Crippen molar-refractivity contribution in [2.45, 2.75) is 32.8 Å². The molecule has 0 aliphatic carbocycles. The van der Waals surface area contributed by atoms with Crippen LogP contribution in [-0.4, -0.2) is 34.2 Å². The Morgan fingerprint density at radius 3 is 2.69 bits per heavy atom. The molecule has 92 valence electrons. The minimum absolute atomic E-state index is 0.371. The average Bonchev–Trinajstić information content (AvgIpc) is 2.53. The van der Waals surface area contributed by atoms with Crippen LogP contribution in [0, 0.1) is 0 Å². The van der Waals surface area contributed by atoms with Crippen LogP contribution in [0.15, 0.2) is 4.47 Å². The highest BCUT2D eigenvalue weighted by Crippen LogP contribution is 2.22. The van der Waals surface area contributed by atoms with Crippen LogP contribution in [0.3, 0.4) is 0 Å². The van der Waals surface area contributed by atoms with E-state index >= 15 is 0 Å². The molecule has 0 saturated carbocycles. The quantitative estimate of drug-likeness (QED) is 0.867. The van der Waals surface area contributed by atoms with Gasteiger partial charge in [-0.05, 0) is 29.3 Å². The van der Waals surface area contributed by atoms with E-state index in [-0.39, 0.29) is 0 Å². The Morgan fingerprint density at radius 1 is 1.50 bits per heavy atom. The Morgan fingerprint density at radius 2 is 2.19 bits per heavy atom. The van der Waals surface area contributed by atoms with Gasteiger partial charge in [0.1, 0.15) is 0 Å². The number of ether oxygens (including phenoxy) is 1. The van der Waals surface area contributed by atoms with Crippen molar-refractivity contribution in [3.05, 3.63) is 15.9 Å². The molecule has 16 heavy (non-hydrogen) atoms. The van der Waals surface area contributed by atoms with Gasteiger partial charge in [-0.15, -0.1) is 0 Å². The Hall–Kier alpha value is -0.390. The summed E-state index contributed by atoms with van der Waals surface area (Å²) >= 11 is 3.52. The molecular formula is C11H19BrN2O2. The van der Waals surface area contributed by atoms with Crippen molar-refractivity contribution in [3.8, 4) is 0 Å². The van der Waals surface area contributed by atoms with Crippen molar-refractivity contribution in [2.75, 3.05) is 13.2 Å². The highest BCUT2D eigenvalue weighted by Gasteiger charge is 2.16. The number of rotatable bonds is 6. The number of aryl methyl sites for hydroxylation is 2. The molecule has 1 atom stereocenters. The molecule has 1 N–H and O–H groups in total. The number of hydrogen-bond donors (Lipinski definition) is 1. The SMILES string of the molecule is CCOCC(O)Cc1c(Br)c(CC)nn1C. The van der Waals surface area contributed by atoms with Crippen LogP contribution in [0.2, 0.25) is 0 Å². The lowest BCUT2D eigenvalue weighted by Gasteiger charge is -2.10. The van der Waals surface area contributed by atoms with E-state index in [4.69, 9.17) is 4.74 Å². The third-order valence-electron chi connectivity index (χ3n) is 2.45. The molecular weight excluding hydrogens is 272 g/mol. The summed E-state index contributed by atoms with van der Waals surface area (Å²) in [5, 5.41) is 14.2. The fourth-order valence-corrected chi connectivity index (χ4v) is 2.36. The molecule has 0 aliphatic rings. The maximum Gasteiger partial charge on any atom is 0.0829 e. The van der Waals surface area contributed by atoms with Crippen LogP contribution < -0.4 is 0 Å². The van der Waals surface area contributed by atoms with Gasteiger partial charge in [0.15, 0.2) is 0 Å². The molecule has 5 heteroatoms. The van der Waals surface area contributed by atoms with Crippen molar-refractivity contribution in [1.29, 1.82) is 0 Å². The third kappa shape index (κ3) is 3.30. The molecule has 0 aromatic carbocycles. The van der Waals surface area contributed by atoms with Gasteiger partial charge in [-0.25, -0.2) is 0 Å². The predicted molar refractivity (Wildman–Crippen MR) is 66.5 cm³/mol. The molecule has 1 unspecified atom stereocenters. The van der Waals surface area contributed by atoms with Crippen LogP contribution in [-0.2, 0) is 24.6 Å². The molecule has 0 radical (unpaired) electrons. The molecule has 4 nitrogen and oxygen atoms in total. The Kier molecular flexibility index (Phi) is 5.44. The van der Waals surface area contributed by atoms with Gasteiger partial charge in [0.2, 0.25) is 0 Å². The largest absolute Gasteiger partial charge is 0.390 e. The second-order valence-electron chi connectivity index (χ2n) is 3.70. The fourth-order valence-electron chi connectivity index (χ4n) is 1.58. The first-order valence-electron chi connectivity index (χ1n) is 5.56. The second kappa shape index (κ2) is 6.37. The Labute approximate surface area is 105 Å². The van der Waals surface area contributed by atoms with Crippen LogP contribution in [0.5, 0.6) is 0 Å². The lowest BCUT2D eigenvalue weighted by atomic mass is 10.2. The maximum absolute atomic E-state index is 9.78. The van der Waals surface area contributed by atoms with Gasteiger partial charge in [-0.1, -0.05) is 6.92 Å². The lowest BCUT2D eigenvalue weighted by molar-refractivity contribution is 0.0420. The highest BCUT2D eigenvalue weighted by molar-refractivity contribution is 9.10. The summed E-state index contributed by atoms with van der Waals surface area (Å²) in [4.78, 5) is 0. The number of nitrogens with zero attached hydrogens (tertiary/aromatic N) is 2. The van der Waals surface area contributed by atoms with E-state index in [1.165, 1.54) is 0 Å². The van der Waals surface area contributed by atoms with Crippen LogP contribution >= 0.6 is 15.9 Å². The van der Waals surface area contributed by atoms with Gasteiger partial charge in [-0.2, -0.15) is 5.10 Å². The minimum Gasteiger partial charge on any atom is -0.390 e. The lowest BCUT2D eigenvalue weighted by Crippen LogP contribution is -2.20. The summed E-state index contributed by atoms with van der Waals surface area (Å²) in [5.74, 6) is 0. The average molecular weight is 291 g/mol. The van der Waals surface area contributed by atoms with E-state index in [1.807, 2.05) is 18.7 Å². The zero-order chi connectivity index (χ0) is 12.1. The number of halogens is 1. The van der Waals surface area contributed by atoms with Gasteiger partial charge >= 0.3 is 0 Å². The van der Waals surface area contributed by atoms with E-state index in [2.05, 4.69) is 28.0 Å². The van der Waals surface area contributed by atoms with E-state index < -0.39 is 6.10 Å². The van der Waals surface area contributed by atoms with Gasteiger partial charge in [0.05, 0.1) is 28.6 Å². The molecule has 1 aromatic heterocycles. The smallest absolute Gasteiger partial charge is 0.0829 e. The normalized spacial score (nSPS) is 13.1. The van der Waals surface area contributed by atoms with Crippen LogP contribution in [0.25, 0.3) is 0 Å². The Bertz CT molecular complexity index is 339. The molecule has 0 fully saturated rings. The standard InChI is InChI=1S/C11H19BrN2O2/c1-4-9-11(12)10(14(3)13-9)6-8(15)7-16-5-2/h8,15H,4-7H2,1-3H3. The van der Waals surface area contributed by atoms with E-state index in [0.717, 1.165) is 22.3 Å². The van der Waals surface area contributed by atoms with Gasteiger partial charge < -0.3 is 9.84 Å². The first kappa shape index (κ1) is 13.7. The number of aromatic nitrogens is 2. The predicted octanol–water partition coefficient (Wildman–Crippen LogP) is 1.68. The van der Waals surface area contributed by atoms with Crippen molar-refractivity contribution in [2.24, 2.45) is 7.05 Å². The summed E-state index contributed by atoms with van der Waals surface area (Å²) in [6, 6.07) is 0.